The predicted molar refractivity (Wildman–Crippen MR) is 332 cm³/mol. The number of phenols is 6. The van der Waals surface area contributed by atoms with Crippen molar-refractivity contribution in [2.45, 2.75) is 156 Å². The maximum absolute atomic E-state index is 12.6. The lowest BCUT2D eigenvalue weighted by atomic mass is 9.80. The monoisotopic (exact) mass is 1080 g/mol. The SMILES string of the molecule is C=CCN(CC=C)Cc1cc2c(O)c(c1)Cc1cc(C(C)(C)C)cc(c1O)Cc1cc(C(C)(C)C)cc(c1O)Cc1cc(CN(CC=C)CC=C)cc(c1O)Cc1cc(C(C)(C)C)cc(c1O)Cc1cc(C(C)(C)C)cc(c1O)C2. The van der Waals surface area contributed by atoms with Gasteiger partial charge < -0.3 is 30.6 Å². The van der Waals surface area contributed by atoms with Crippen molar-refractivity contribution in [3.05, 3.63) is 224 Å². The van der Waals surface area contributed by atoms with Crippen molar-refractivity contribution in [3.8, 4) is 34.5 Å². The molecular weight excluding hydrogens is 989 g/mol. The molecule has 0 atom stereocenters. The minimum absolute atomic E-state index is 0.0792. The molecule has 0 heterocycles. The zero-order chi connectivity index (χ0) is 58.8. The molecule has 8 heteroatoms. The molecule has 8 nitrogen and oxygen atoms in total. The average molecular weight is 1080 g/mol. The van der Waals surface area contributed by atoms with Crippen LogP contribution in [0.3, 0.4) is 0 Å². The lowest BCUT2D eigenvalue weighted by Crippen LogP contribution is -2.23. The van der Waals surface area contributed by atoms with Crippen LogP contribution in [0, 0.1) is 0 Å². The van der Waals surface area contributed by atoms with E-state index >= 15 is 0 Å². The highest BCUT2D eigenvalue weighted by Gasteiger charge is 2.28. The standard InChI is InChI=1S/C72H90N2O6/c1-17-21-73(22-18-2)43-45-25-47-29-51-35-59(69(5,6)7)39-55(65(51)77)33-57-41-61(71(11,12)13)37-53(67(57)79)31-49-27-46(44-74(23-19-3)24-20-4)28-50(64(49)76)32-54-38-62(72(14,15)16)42-58(68(54)80)34-56-40-60(70(8,9)10)36-52(66(56)78)30-48(26-45)63(47)75/h17-20,25-28,35-42,75-80H,1-4,21-24,29-34,43-44H2,5-16H3. The summed E-state index contributed by atoms with van der Waals surface area (Å²) in [6, 6.07) is 24.3. The van der Waals surface area contributed by atoms with E-state index in [0.29, 0.717) is 106 Å². The van der Waals surface area contributed by atoms with Gasteiger partial charge in [-0.1, -0.05) is 180 Å². The molecule has 6 aromatic rings. The zero-order valence-corrected chi connectivity index (χ0v) is 50.1. The number of fused-ring (bicyclic) bond motifs is 12. The smallest absolute Gasteiger partial charge is 0.122 e. The normalized spacial score (nSPS) is 13.5. The Labute approximate surface area is 478 Å². The molecule has 0 aliphatic heterocycles. The van der Waals surface area contributed by atoms with Gasteiger partial charge in [0.2, 0.25) is 0 Å². The number of benzene rings is 6. The Bertz CT molecular complexity index is 2890. The topological polar surface area (TPSA) is 128 Å². The largest absolute Gasteiger partial charge is 0.507 e. The fraction of sp³-hybridized carbons (Fsp3) is 0.389. The number of rotatable bonds is 12. The second kappa shape index (κ2) is 24.0. The summed E-state index contributed by atoms with van der Waals surface area (Å²) in [6.07, 6.45) is 8.64. The van der Waals surface area contributed by atoms with Crippen LogP contribution in [-0.2, 0) is 73.3 Å². The van der Waals surface area contributed by atoms with Gasteiger partial charge in [0.25, 0.3) is 0 Å². The summed E-state index contributed by atoms with van der Waals surface area (Å²) in [5.41, 5.74) is 12.1. The minimum Gasteiger partial charge on any atom is -0.507 e. The highest BCUT2D eigenvalue weighted by molar-refractivity contribution is 5.60. The van der Waals surface area contributed by atoms with E-state index in [1.165, 1.54) is 0 Å². The summed E-state index contributed by atoms with van der Waals surface area (Å²) in [5, 5.41) is 75.7. The van der Waals surface area contributed by atoms with E-state index in [1.54, 1.807) is 0 Å². The Morgan fingerprint density at radius 1 is 0.300 bits per heavy atom. The van der Waals surface area contributed by atoms with Crippen molar-refractivity contribution in [2.24, 2.45) is 0 Å². The van der Waals surface area contributed by atoms with Gasteiger partial charge in [-0.15, -0.1) is 26.3 Å². The second-order valence-electron chi connectivity index (χ2n) is 26.7. The first kappa shape index (κ1) is 60.6. The van der Waals surface area contributed by atoms with Gasteiger partial charge in [0.1, 0.15) is 34.5 Å². The molecule has 7 rings (SSSR count). The fourth-order valence-electron chi connectivity index (χ4n) is 11.1. The van der Waals surface area contributed by atoms with Crippen molar-refractivity contribution in [1.82, 2.24) is 9.80 Å². The fourth-order valence-corrected chi connectivity index (χ4v) is 11.1. The van der Waals surface area contributed by atoms with Gasteiger partial charge in [-0.25, -0.2) is 0 Å². The molecule has 1 aliphatic rings. The highest BCUT2D eigenvalue weighted by atomic mass is 16.3. The van der Waals surface area contributed by atoms with Crippen LogP contribution in [0.4, 0.5) is 0 Å². The molecule has 6 N–H and O–H groups in total. The Balaban J connectivity index is 1.57. The van der Waals surface area contributed by atoms with E-state index in [9.17, 15) is 30.6 Å². The molecule has 0 spiro atoms. The van der Waals surface area contributed by atoms with Crippen molar-refractivity contribution < 1.29 is 30.6 Å². The summed E-state index contributed by atoms with van der Waals surface area (Å²) in [5.74, 6) is 0.494. The summed E-state index contributed by atoms with van der Waals surface area (Å²) in [6.45, 7) is 45.3. The first-order chi connectivity index (χ1) is 37.4. The summed E-state index contributed by atoms with van der Waals surface area (Å²) in [4.78, 5) is 4.42. The third kappa shape index (κ3) is 14.1. The van der Waals surface area contributed by atoms with E-state index in [4.69, 9.17) is 0 Å². The highest BCUT2D eigenvalue weighted by Crippen LogP contribution is 2.44. The molecule has 1 aliphatic carbocycles. The molecule has 424 valence electrons. The van der Waals surface area contributed by atoms with E-state index in [1.807, 2.05) is 97.1 Å². The Morgan fingerprint density at radius 3 is 0.588 bits per heavy atom. The molecule has 0 saturated heterocycles. The molecule has 0 amide bonds. The number of nitrogens with zero attached hydrogens (tertiary/aromatic N) is 2. The first-order valence-corrected chi connectivity index (χ1v) is 28.4. The molecule has 0 aromatic heterocycles. The Morgan fingerprint density at radius 2 is 0.450 bits per heavy atom. The number of hydrogen-bond acceptors (Lipinski definition) is 8. The Hall–Kier alpha value is -7.00. The van der Waals surface area contributed by atoms with Gasteiger partial charge in [0, 0.05) is 77.8 Å². The number of aromatic hydroxyl groups is 6. The van der Waals surface area contributed by atoms with Gasteiger partial charge in [-0.3, -0.25) is 9.80 Å². The third-order valence-electron chi connectivity index (χ3n) is 15.8. The maximum Gasteiger partial charge on any atom is 0.122 e. The van der Waals surface area contributed by atoms with Gasteiger partial charge in [0.05, 0.1) is 0 Å². The number of hydrogen-bond donors (Lipinski definition) is 6. The van der Waals surface area contributed by atoms with E-state index in [-0.39, 0.29) is 94.7 Å². The predicted octanol–water partition coefficient (Wildman–Crippen LogP) is 15.3. The van der Waals surface area contributed by atoms with Crippen LogP contribution in [0.25, 0.3) is 0 Å². The van der Waals surface area contributed by atoms with Gasteiger partial charge in [-0.05, 0) is 122 Å². The van der Waals surface area contributed by atoms with Gasteiger partial charge >= 0.3 is 0 Å². The average Bonchev–Trinajstić information content (AvgIpc) is 3.35. The van der Waals surface area contributed by atoms with Crippen molar-refractivity contribution in [3.63, 3.8) is 0 Å². The maximum atomic E-state index is 12.6. The van der Waals surface area contributed by atoms with Gasteiger partial charge in [0.15, 0.2) is 0 Å². The second-order valence-corrected chi connectivity index (χ2v) is 26.7. The lowest BCUT2D eigenvalue weighted by Gasteiger charge is -2.26. The van der Waals surface area contributed by atoms with Crippen LogP contribution < -0.4 is 0 Å². The summed E-state index contributed by atoms with van der Waals surface area (Å²) >= 11 is 0. The molecule has 0 radical (unpaired) electrons. The Kier molecular flexibility index (Phi) is 18.2. The molecule has 12 bridgehead atoms. The summed E-state index contributed by atoms with van der Waals surface area (Å²) in [7, 11) is 0. The molecule has 0 fully saturated rings. The molecule has 0 unspecified atom stereocenters. The summed E-state index contributed by atoms with van der Waals surface area (Å²) < 4.78 is 0. The first-order valence-electron chi connectivity index (χ1n) is 28.4. The van der Waals surface area contributed by atoms with Crippen LogP contribution in [0.15, 0.2) is 123 Å². The quantitative estimate of drug-likeness (QED) is 0.0668. The molecular formula is C72H90N2O6. The number of phenolic OH excluding ortho intramolecular Hbond substituents is 6. The molecule has 0 saturated carbocycles. The third-order valence-corrected chi connectivity index (χ3v) is 15.8. The van der Waals surface area contributed by atoms with Crippen LogP contribution >= 0.6 is 0 Å². The van der Waals surface area contributed by atoms with E-state index in [0.717, 1.165) is 33.4 Å². The van der Waals surface area contributed by atoms with E-state index in [2.05, 4.69) is 119 Å². The van der Waals surface area contributed by atoms with E-state index < -0.39 is 0 Å². The van der Waals surface area contributed by atoms with Gasteiger partial charge in [-0.2, -0.15) is 0 Å². The van der Waals surface area contributed by atoms with Crippen LogP contribution in [0.5, 0.6) is 34.5 Å². The van der Waals surface area contributed by atoms with Crippen molar-refractivity contribution in [1.29, 1.82) is 0 Å². The van der Waals surface area contributed by atoms with Crippen LogP contribution in [-0.4, -0.2) is 66.6 Å². The minimum atomic E-state index is -0.336. The molecule has 6 aromatic carbocycles. The van der Waals surface area contributed by atoms with Crippen LogP contribution in [0.1, 0.15) is 183 Å². The molecule has 80 heavy (non-hydrogen) atoms. The van der Waals surface area contributed by atoms with Crippen LogP contribution in [0.2, 0.25) is 0 Å². The zero-order valence-electron chi connectivity index (χ0n) is 50.1. The van der Waals surface area contributed by atoms with Crippen molar-refractivity contribution in [2.75, 3.05) is 26.2 Å². The lowest BCUT2D eigenvalue weighted by molar-refractivity contribution is 0.327. The van der Waals surface area contributed by atoms with Crippen molar-refractivity contribution >= 4 is 0 Å².